The Balaban J connectivity index is 2.01. The zero-order valence-corrected chi connectivity index (χ0v) is 16.0. The number of hydrogen-bond donors (Lipinski definition) is 2. The van der Waals surface area contributed by atoms with Gasteiger partial charge in [-0.15, -0.1) is 0 Å². The molecule has 1 aliphatic heterocycles. The lowest BCUT2D eigenvalue weighted by molar-refractivity contribution is -0.150. The van der Waals surface area contributed by atoms with Gasteiger partial charge in [-0.2, -0.15) is 0 Å². The Morgan fingerprint density at radius 1 is 1.32 bits per heavy atom. The summed E-state index contributed by atoms with van der Waals surface area (Å²) < 4.78 is 5.34. The van der Waals surface area contributed by atoms with Gasteiger partial charge >= 0.3 is 11.9 Å². The molecule has 1 amide bonds. The van der Waals surface area contributed by atoms with Crippen molar-refractivity contribution in [2.24, 2.45) is 0 Å². The number of nitrogens with zero attached hydrogens (tertiary/aromatic N) is 1. The van der Waals surface area contributed by atoms with Crippen LogP contribution in [0.4, 0.5) is 0 Å². The largest absolute Gasteiger partial charge is 0.481 e. The third-order valence-corrected chi connectivity index (χ3v) is 5.36. The highest BCUT2D eigenvalue weighted by Crippen LogP contribution is 2.34. The van der Waals surface area contributed by atoms with Crippen LogP contribution in [-0.2, 0) is 14.4 Å². The predicted octanol–water partition coefficient (Wildman–Crippen LogP) is 2.23. The van der Waals surface area contributed by atoms with Crippen LogP contribution >= 0.6 is 24.0 Å². The summed E-state index contributed by atoms with van der Waals surface area (Å²) in [5, 5.41) is 18.5. The molecule has 8 nitrogen and oxygen atoms in total. The van der Waals surface area contributed by atoms with E-state index in [-0.39, 0.29) is 20.2 Å². The van der Waals surface area contributed by atoms with Gasteiger partial charge in [0.05, 0.1) is 22.3 Å². The Kier molecular flexibility index (Phi) is 5.34. The van der Waals surface area contributed by atoms with E-state index in [0.29, 0.717) is 11.0 Å². The van der Waals surface area contributed by atoms with Crippen LogP contribution in [-0.4, -0.2) is 43.3 Å². The Morgan fingerprint density at radius 2 is 2.04 bits per heavy atom. The monoisotopic (exact) mass is 419 g/mol. The summed E-state index contributed by atoms with van der Waals surface area (Å²) >= 11 is 5.85. The number of carbonyl (C=O) groups excluding carboxylic acids is 1. The second-order valence-electron chi connectivity index (χ2n) is 6.02. The molecule has 10 heteroatoms. The number of amides is 1. The number of carboxylic acid groups (broad SMARTS) is 2. The minimum Gasteiger partial charge on any atom is -0.481 e. The van der Waals surface area contributed by atoms with Gasteiger partial charge in [0.25, 0.3) is 5.91 Å². The van der Waals surface area contributed by atoms with E-state index in [1.807, 2.05) is 6.92 Å². The summed E-state index contributed by atoms with van der Waals surface area (Å²) in [7, 11) is 0. The number of thioether (sulfide) groups is 1. The second kappa shape index (κ2) is 7.56. The summed E-state index contributed by atoms with van der Waals surface area (Å²) in [5.74, 6) is -3.64. The van der Waals surface area contributed by atoms with Crippen LogP contribution in [0.15, 0.2) is 38.6 Å². The van der Waals surface area contributed by atoms with Crippen LogP contribution in [0.1, 0.15) is 17.5 Å². The first-order valence-electron chi connectivity index (χ1n) is 7.93. The fourth-order valence-electron chi connectivity index (χ4n) is 2.70. The van der Waals surface area contributed by atoms with E-state index in [4.69, 9.17) is 21.7 Å². The SMILES string of the molecule is Cc1ccc2occ(C=C3SC(=S)N(C(CC(=O)O)C(=O)O)C3=O)c(=O)c2c1. The molecule has 28 heavy (non-hydrogen) atoms. The van der Waals surface area contributed by atoms with E-state index in [0.717, 1.165) is 22.2 Å². The molecule has 144 valence electrons. The summed E-state index contributed by atoms with van der Waals surface area (Å²) in [5.41, 5.74) is 1.01. The van der Waals surface area contributed by atoms with Gasteiger partial charge in [-0.3, -0.25) is 19.3 Å². The topological polar surface area (TPSA) is 125 Å². The molecule has 3 rings (SSSR count). The van der Waals surface area contributed by atoms with Crippen molar-refractivity contribution < 1.29 is 29.0 Å². The summed E-state index contributed by atoms with van der Waals surface area (Å²) in [6.45, 7) is 1.82. The molecule has 0 bridgehead atoms. The lowest BCUT2D eigenvalue weighted by atomic mass is 10.1. The quantitative estimate of drug-likeness (QED) is 0.554. The number of carboxylic acids is 2. The van der Waals surface area contributed by atoms with Crippen molar-refractivity contribution in [3.05, 3.63) is 50.7 Å². The first kappa shape index (κ1) is 19.8. The van der Waals surface area contributed by atoms with Gasteiger partial charge in [0.15, 0.2) is 5.43 Å². The van der Waals surface area contributed by atoms with E-state index in [1.54, 1.807) is 18.2 Å². The van der Waals surface area contributed by atoms with Gasteiger partial charge in [0, 0.05) is 0 Å². The molecule has 2 aromatic rings. The van der Waals surface area contributed by atoms with Gasteiger partial charge in [0.1, 0.15) is 22.2 Å². The smallest absolute Gasteiger partial charge is 0.327 e. The van der Waals surface area contributed by atoms with Gasteiger partial charge in [-0.05, 0) is 25.1 Å². The molecule has 0 saturated carbocycles. The predicted molar refractivity (Wildman–Crippen MR) is 106 cm³/mol. The van der Waals surface area contributed by atoms with Gasteiger partial charge in [-0.1, -0.05) is 35.6 Å². The Bertz CT molecular complexity index is 1120. The third kappa shape index (κ3) is 3.69. The lowest BCUT2D eigenvalue weighted by Crippen LogP contribution is -2.45. The second-order valence-corrected chi connectivity index (χ2v) is 7.70. The molecule has 0 radical (unpaired) electrons. The molecule has 0 spiro atoms. The first-order valence-corrected chi connectivity index (χ1v) is 9.15. The highest BCUT2D eigenvalue weighted by Gasteiger charge is 2.41. The molecule has 1 aliphatic rings. The molecule has 1 fully saturated rings. The molecule has 1 aromatic heterocycles. The minimum absolute atomic E-state index is 0.0148. The van der Waals surface area contributed by atoms with Crippen molar-refractivity contribution in [3.63, 3.8) is 0 Å². The molecule has 1 saturated heterocycles. The summed E-state index contributed by atoms with van der Waals surface area (Å²) in [6, 6.07) is 3.49. The molecule has 2 heterocycles. The van der Waals surface area contributed by atoms with E-state index in [9.17, 15) is 24.3 Å². The van der Waals surface area contributed by atoms with Gasteiger partial charge in [0.2, 0.25) is 0 Å². The van der Waals surface area contributed by atoms with Crippen LogP contribution in [0.3, 0.4) is 0 Å². The number of fused-ring (bicyclic) bond motifs is 1. The van der Waals surface area contributed by atoms with Crippen LogP contribution in [0.2, 0.25) is 0 Å². The number of benzene rings is 1. The maximum Gasteiger partial charge on any atom is 0.327 e. The van der Waals surface area contributed by atoms with Crippen molar-refractivity contribution in [3.8, 4) is 0 Å². The fraction of sp³-hybridized carbons (Fsp3) is 0.167. The number of thiocarbonyl (C=S) groups is 1. The number of hydrogen-bond acceptors (Lipinski definition) is 7. The molecule has 1 aromatic carbocycles. The van der Waals surface area contributed by atoms with Crippen molar-refractivity contribution >= 4 is 63.2 Å². The third-order valence-electron chi connectivity index (χ3n) is 4.03. The zero-order valence-electron chi connectivity index (χ0n) is 14.4. The maximum atomic E-state index is 12.7. The van der Waals surface area contributed by atoms with Crippen LogP contribution in [0.25, 0.3) is 17.0 Å². The molecular weight excluding hydrogens is 406 g/mol. The standard InChI is InChI=1S/C18H13NO7S2/c1-8-2-3-12-10(4-8)15(22)9(7-26-12)5-13-16(23)19(18(27)28-13)11(17(24)25)6-14(20)21/h2-5,7,11H,6H2,1H3,(H,20,21)(H,24,25). The Morgan fingerprint density at radius 3 is 2.68 bits per heavy atom. The number of rotatable bonds is 5. The highest BCUT2D eigenvalue weighted by molar-refractivity contribution is 8.26. The Hall–Kier alpha value is -2.98. The van der Waals surface area contributed by atoms with Gasteiger partial charge < -0.3 is 14.6 Å². The molecular formula is C18H13NO7S2. The van der Waals surface area contributed by atoms with E-state index in [1.165, 1.54) is 12.3 Å². The number of aliphatic carboxylic acids is 2. The first-order chi connectivity index (χ1) is 13.2. The van der Waals surface area contributed by atoms with E-state index < -0.39 is 30.3 Å². The van der Waals surface area contributed by atoms with Crippen LogP contribution in [0.5, 0.6) is 0 Å². The minimum atomic E-state index is -1.63. The molecule has 2 N–H and O–H groups in total. The average Bonchev–Trinajstić information content (AvgIpc) is 2.89. The van der Waals surface area contributed by atoms with Crippen LogP contribution in [0, 0.1) is 6.92 Å². The highest BCUT2D eigenvalue weighted by atomic mass is 32.2. The lowest BCUT2D eigenvalue weighted by Gasteiger charge is -2.21. The normalized spacial score (nSPS) is 16.8. The average molecular weight is 419 g/mol. The van der Waals surface area contributed by atoms with E-state index in [2.05, 4.69) is 0 Å². The van der Waals surface area contributed by atoms with Crippen molar-refractivity contribution in [2.45, 2.75) is 19.4 Å². The van der Waals surface area contributed by atoms with Crippen molar-refractivity contribution in [1.82, 2.24) is 4.90 Å². The van der Waals surface area contributed by atoms with E-state index >= 15 is 0 Å². The fourth-order valence-corrected chi connectivity index (χ4v) is 4.05. The van der Waals surface area contributed by atoms with Crippen LogP contribution < -0.4 is 5.43 Å². The van der Waals surface area contributed by atoms with Crippen molar-refractivity contribution in [1.29, 1.82) is 0 Å². The molecule has 1 atom stereocenters. The van der Waals surface area contributed by atoms with Crippen molar-refractivity contribution in [2.75, 3.05) is 0 Å². The number of aryl methyl sites for hydroxylation is 1. The summed E-state index contributed by atoms with van der Waals surface area (Å²) in [4.78, 5) is 48.4. The molecule has 1 unspecified atom stereocenters. The molecule has 0 aliphatic carbocycles. The Labute approximate surface area is 167 Å². The zero-order chi connectivity index (χ0) is 20.6. The van der Waals surface area contributed by atoms with Gasteiger partial charge in [-0.25, -0.2) is 4.79 Å². The maximum absolute atomic E-state index is 12.7. The number of carbonyl (C=O) groups is 3. The summed E-state index contributed by atoms with van der Waals surface area (Å²) in [6.07, 6.45) is 1.68.